The highest BCUT2D eigenvalue weighted by molar-refractivity contribution is 9.10. The second kappa shape index (κ2) is 3.85. The van der Waals surface area contributed by atoms with E-state index in [4.69, 9.17) is 10.2 Å². The minimum Gasteiger partial charge on any atom is -0.479 e. The van der Waals surface area contributed by atoms with E-state index in [0.29, 0.717) is 0 Å². The molecule has 3 nitrogen and oxygen atoms in total. The van der Waals surface area contributed by atoms with Crippen LogP contribution in [0.15, 0.2) is 22.7 Å². The van der Waals surface area contributed by atoms with E-state index in [1.54, 1.807) is 0 Å². The van der Waals surface area contributed by atoms with Crippen LogP contribution in [0.25, 0.3) is 0 Å². The zero-order valence-electron chi connectivity index (χ0n) is 6.37. The van der Waals surface area contributed by atoms with Crippen LogP contribution in [0.3, 0.4) is 0 Å². The molecule has 0 saturated heterocycles. The molecular formula is C8H6BrFO3. The molecule has 0 aliphatic rings. The van der Waals surface area contributed by atoms with Crippen LogP contribution in [-0.2, 0) is 4.79 Å². The second-order valence-corrected chi connectivity index (χ2v) is 3.27. The van der Waals surface area contributed by atoms with E-state index < -0.39 is 17.9 Å². The monoisotopic (exact) mass is 248 g/mol. The third-order valence-corrected chi connectivity index (χ3v) is 2.10. The van der Waals surface area contributed by atoms with Crippen LogP contribution in [0, 0.1) is 5.82 Å². The van der Waals surface area contributed by atoms with Crippen LogP contribution in [0.5, 0.6) is 0 Å². The molecule has 0 radical (unpaired) electrons. The molecule has 0 heterocycles. The SMILES string of the molecule is O=C(O)[C@@H](O)c1ccc(F)c(Br)c1. The number of aliphatic hydroxyl groups excluding tert-OH is 1. The fourth-order valence-electron chi connectivity index (χ4n) is 0.825. The number of aliphatic hydroxyl groups is 1. The van der Waals surface area contributed by atoms with Gasteiger partial charge in [-0.15, -0.1) is 0 Å². The second-order valence-electron chi connectivity index (χ2n) is 2.41. The quantitative estimate of drug-likeness (QED) is 0.838. The molecule has 1 atom stereocenters. The lowest BCUT2D eigenvalue weighted by atomic mass is 10.1. The smallest absolute Gasteiger partial charge is 0.337 e. The van der Waals surface area contributed by atoms with E-state index in [-0.39, 0.29) is 10.0 Å². The Hall–Kier alpha value is -0.940. The van der Waals surface area contributed by atoms with Gasteiger partial charge in [0.15, 0.2) is 6.10 Å². The zero-order valence-corrected chi connectivity index (χ0v) is 7.95. The molecular weight excluding hydrogens is 243 g/mol. The molecule has 0 aliphatic carbocycles. The molecule has 0 unspecified atom stereocenters. The predicted molar refractivity (Wildman–Crippen MR) is 46.7 cm³/mol. The summed E-state index contributed by atoms with van der Waals surface area (Å²) in [6, 6.07) is 3.54. The van der Waals surface area contributed by atoms with Crippen LogP contribution in [0.4, 0.5) is 4.39 Å². The van der Waals surface area contributed by atoms with E-state index in [1.165, 1.54) is 12.1 Å². The van der Waals surface area contributed by atoms with Crippen LogP contribution in [-0.4, -0.2) is 16.2 Å². The Bertz CT molecular complexity index is 340. The molecule has 1 aromatic carbocycles. The average molecular weight is 249 g/mol. The minimum absolute atomic E-state index is 0.130. The van der Waals surface area contributed by atoms with E-state index in [2.05, 4.69) is 15.9 Å². The zero-order chi connectivity index (χ0) is 10.0. The van der Waals surface area contributed by atoms with E-state index in [1.807, 2.05) is 0 Å². The number of carboxylic acid groups (broad SMARTS) is 1. The van der Waals surface area contributed by atoms with Gasteiger partial charge >= 0.3 is 5.97 Å². The molecule has 1 aromatic rings. The van der Waals surface area contributed by atoms with Gasteiger partial charge in [-0.2, -0.15) is 0 Å². The van der Waals surface area contributed by atoms with Gasteiger partial charge in [0.2, 0.25) is 0 Å². The molecule has 2 N–H and O–H groups in total. The molecule has 70 valence electrons. The van der Waals surface area contributed by atoms with Gasteiger partial charge in [-0.05, 0) is 33.6 Å². The van der Waals surface area contributed by atoms with Gasteiger partial charge in [0.25, 0.3) is 0 Å². The normalized spacial score (nSPS) is 12.5. The summed E-state index contributed by atoms with van der Waals surface area (Å²) in [6.45, 7) is 0. The average Bonchev–Trinajstić information content (AvgIpc) is 2.08. The Labute approximate surface area is 81.9 Å². The molecule has 0 saturated carbocycles. The number of hydrogen-bond acceptors (Lipinski definition) is 2. The van der Waals surface area contributed by atoms with Gasteiger partial charge in [-0.1, -0.05) is 6.07 Å². The Morgan fingerprint density at radius 2 is 2.15 bits per heavy atom. The van der Waals surface area contributed by atoms with Gasteiger partial charge in [-0.3, -0.25) is 0 Å². The molecule has 0 amide bonds. The summed E-state index contributed by atoms with van der Waals surface area (Å²) in [5, 5.41) is 17.5. The third kappa shape index (κ3) is 2.26. The summed E-state index contributed by atoms with van der Waals surface area (Å²) in [5.41, 5.74) is 0.140. The van der Waals surface area contributed by atoms with Gasteiger partial charge in [0.05, 0.1) is 4.47 Å². The molecule has 13 heavy (non-hydrogen) atoms. The van der Waals surface area contributed by atoms with Gasteiger partial charge in [0.1, 0.15) is 5.82 Å². The number of aliphatic carboxylic acids is 1. The summed E-state index contributed by atoms with van der Waals surface area (Å²) in [7, 11) is 0. The summed E-state index contributed by atoms with van der Waals surface area (Å²) in [4.78, 5) is 10.3. The largest absolute Gasteiger partial charge is 0.479 e. The first-order valence-electron chi connectivity index (χ1n) is 3.38. The maximum Gasteiger partial charge on any atom is 0.337 e. The highest BCUT2D eigenvalue weighted by Gasteiger charge is 2.16. The van der Waals surface area contributed by atoms with Crippen molar-refractivity contribution >= 4 is 21.9 Å². The summed E-state index contributed by atoms with van der Waals surface area (Å²) in [5.74, 6) is -1.86. The van der Waals surface area contributed by atoms with Crippen LogP contribution >= 0.6 is 15.9 Å². The van der Waals surface area contributed by atoms with Crippen LogP contribution in [0.1, 0.15) is 11.7 Å². The van der Waals surface area contributed by atoms with Crippen molar-refractivity contribution in [2.45, 2.75) is 6.10 Å². The van der Waals surface area contributed by atoms with Crippen molar-refractivity contribution in [2.24, 2.45) is 0 Å². The molecule has 1 rings (SSSR count). The van der Waals surface area contributed by atoms with Crippen molar-refractivity contribution in [3.8, 4) is 0 Å². The first-order valence-corrected chi connectivity index (χ1v) is 4.17. The van der Waals surface area contributed by atoms with Crippen LogP contribution in [0.2, 0.25) is 0 Å². The molecule has 0 aromatic heterocycles. The number of halogens is 2. The van der Waals surface area contributed by atoms with Gasteiger partial charge in [-0.25, -0.2) is 9.18 Å². The van der Waals surface area contributed by atoms with Crippen molar-refractivity contribution in [3.05, 3.63) is 34.1 Å². The van der Waals surface area contributed by atoms with E-state index in [0.717, 1.165) is 6.07 Å². The van der Waals surface area contributed by atoms with Crippen molar-refractivity contribution in [1.29, 1.82) is 0 Å². The highest BCUT2D eigenvalue weighted by Crippen LogP contribution is 2.21. The lowest BCUT2D eigenvalue weighted by molar-refractivity contribution is -0.146. The van der Waals surface area contributed by atoms with Crippen LogP contribution < -0.4 is 0 Å². The first kappa shape index (κ1) is 10.1. The molecule has 0 spiro atoms. The maximum atomic E-state index is 12.7. The first-order chi connectivity index (χ1) is 6.02. The summed E-state index contributed by atoms with van der Waals surface area (Å²) in [6.07, 6.45) is -1.61. The fourth-order valence-corrected chi connectivity index (χ4v) is 1.22. The Kier molecular flexibility index (Phi) is 3.00. The lowest BCUT2D eigenvalue weighted by Gasteiger charge is -2.05. The fraction of sp³-hybridized carbons (Fsp3) is 0.125. The molecule has 0 bridgehead atoms. The number of benzene rings is 1. The maximum absolute atomic E-state index is 12.7. The topological polar surface area (TPSA) is 57.5 Å². The van der Waals surface area contributed by atoms with Crippen molar-refractivity contribution in [2.75, 3.05) is 0 Å². The van der Waals surface area contributed by atoms with Gasteiger partial charge in [0, 0.05) is 0 Å². The van der Waals surface area contributed by atoms with Crippen molar-refractivity contribution in [1.82, 2.24) is 0 Å². The highest BCUT2D eigenvalue weighted by atomic mass is 79.9. The van der Waals surface area contributed by atoms with Crippen molar-refractivity contribution in [3.63, 3.8) is 0 Å². The number of carbonyl (C=O) groups is 1. The molecule has 0 fully saturated rings. The molecule has 0 aliphatic heterocycles. The van der Waals surface area contributed by atoms with E-state index >= 15 is 0 Å². The number of rotatable bonds is 2. The van der Waals surface area contributed by atoms with Gasteiger partial charge < -0.3 is 10.2 Å². The lowest BCUT2D eigenvalue weighted by Crippen LogP contribution is -2.10. The number of carboxylic acids is 1. The standard InChI is InChI=1S/C8H6BrFO3/c9-5-3-4(1-2-6(5)10)7(11)8(12)13/h1-3,7,11H,(H,12,13)/t7-/m0/s1. The van der Waals surface area contributed by atoms with Crippen molar-refractivity contribution < 1.29 is 19.4 Å². The number of hydrogen-bond donors (Lipinski definition) is 2. The third-order valence-electron chi connectivity index (χ3n) is 1.49. The Morgan fingerprint density at radius 3 is 2.62 bits per heavy atom. The molecule has 5 heteroatoms. The Morgan fingerprint density at radius 1 is 1.54 bits per heavy atom. The summed E-state index contributed by atoms with van der Waals surface area (Å²) < 4.78 is 12.8. The van der Waals surface area contributed by atoms with E-state index in [9.17, 15) is 9.18 Å². The predicted octanol–water partition coefficient (Wildman–Crippen LogP) is 1.71. The minimum atomic E-state index is -1.61. The Balaban J connectivity index is 3.03. The summed E-state index contributed by atoms with van der Waals surface area (Å²) >= 11 is 2.88.